The molecule has 6 aliphatic rings. The van der Waals surface area contributed by atoms with E-state index in [-0.39, 0.29) is 18.6 Å². The van der Waals surface area contributed by atoms with E-state index in [0.717, 1.165) is 5.56 Å². The molecule has 42 heavy (non-hydrogen) atoms. The van der Waals surface area contributed by atoms with Crippen molar-refractivity contribution in [3.63, 3.8) is 0 Å². The minimum atomic E-state index is -2.28. The monoisotopic (exact) mass is 586 g/mol. The van der Waals surface area contributed by atoms with Gasteiger partial charge in [0.2, 0.25) is 11.5 Å². The molecule has 2 aliphatic heterocycles. The molecular formula is C32H42O10. The van der Waals surface area contributed by atoms with Crippen molar-refractivity contribution >= 4 is 11.8 Å². The molecule has 7 rings (SSSR count). The van der Waals surface area contributed by atoms with Gasteiger partial charge in [0, 0.05) is 23.7 Å². The zero-order valence-corrected chi connectivity index (χ0v) is 25.0. The van der Waals surface area contributed by atoms with Gasteiger partial charge in [-0.2, -0.15) is 0 Å². The number of hydrogen-bond acceptors (Lipinski definition) is 10. The first-order valence-electron chi connectivity index (χ1n) is 14.8. The van der Waals surface area contributed by atoms with E-state index in [1.54, 1.807) is 12.1 Å². The maximum atomic E-state index is 14.2. The second-order valence-electron chi connectivity index (χ2n) is 13.5. The first-order valence-corrected chi connectivity index (χ1v) is 14.8. The molecule has 4 bridgehead atoms. The van der Waals surface area contributed by atoms with Gasteiger partial charge in [-0.3, -0.25) is 9.59 Å². The zero-order chi connectivity index (χ0) is 30.4. The molecule has 2 saturated heterocycles. The number of rotatable bonds is 7. The van der Waals surface area contributed by atoms with Gasteiger partial charge in [0.1, 0.15) is 17.6 Å². The fourth-order valence-electron chi connectivity index (χ4n) is 9.76. The molecule has 9 atom stereocenters. The molecule has 4 aliphatic carbocycles. The average Bonchev–Trinajstić information content (AvgIpc) is 3.08. The molecule has 4 saturated carbocycles. The predicted molar refractivity (Wildman–Crippen MR) is 149 cm³/mol. The molecule has 10 nitrogen and oxygen atoms in total. The van der Waals surface area contributed by atoms with E-state index in [2.05, 4.69) is 6.58 Å². The maximum Gasteiger partial charge on any atom is 0.306 e. The van der Waals surface area contributed by atoms with Gasteiger partial charge >= 0.3 is 5.97 Å². The Morgan fingerprint density at radius 3 is 2.36 bits per heavy atom. The molecule has 0 amide bonds. The lowest BCUT2D eigenvalue weighted by molar-refractivity contribution is -0.458. The number of methoxy groups -OCH3 is 3. The number of fused-ring (bicyclic) bond motifs is 2. The van der Waals surface area contributed by atoms with Gasteiger partial charge in [-0.25, -0.2) is 0 Å². The minimum absolute atomic E-state index is 0.0193. The summed E-state index contributed by atoms with van der Waals surface area (Å²) in [5.41, 5.74) is -2.11. The van der Waals surface area contributed by atoms with E-state index in [9.17, 15) is 24.9 Å². The summed E-state index contributed by atoms with van der Waals surface area (Å²) in [5, 5.41) is 35.8. The van der Waals surface area contributed by atoms with Crippen LogP contribution in [0.5, 0.6) is 17.2 Å². The van der Waals surface area contributed by atoms with Crippen molar-refractivity contribution in [3.05, 3.63) is 29.8 Å². The van der Waals surface area contributed by atoms with E-state index >= 15 is 0 Å². The molecule has 230 valence electrons. The second-order valence-corrected chi connectivity index (χ2v) is 13.5. The van der Waals surface area contributed by atoms with Crippen LogP contribution >= 0.6 is 0 Å². The fourth-order valence-corrected chi connectivity index (χ4v) is 9.76. The third kappa shape index (κ3) is 3.46. The van der Waals surface area contributed by atoms with Crippen LogP contribution < -0.4 is 14.2 Å². The summed E-state index contributed by atoms with van der Waals surface area (Å²) in [5.74, 6) is -3.48. The van der Waals surface area contributed by atoms with Crippen molar-refractivity contribution in [3.8, 4) is 17.2 Å². The molecule has 1 aromatic rings. The number of benzene rings is 1. The molecule has 2 heterocycles. The number of hydrogen-bond donors (Lipinski definition) is 3. The molecule has 1 aromatic carbocycles. The van der Waals surface area contributed by atoms with Crippen LogP contribution in [0.2, 0.25) is 0 Å². The molecule has 0 aromatic heterocycles. The van der Waals surface area contributed by atoms with Crippen molar-refractivity contribution in [1.82, 2.24) is 0 Å². The van der Waals surface area contributed by atoms with E-state index in [4.69, 9.17) is 23.7 Å². The van der Waals surface area contributed by atoms with Gasteiger partial charge in [-0.1, -0.05) is 20.4 Å². The summed E-state index contributed by atoms with van der Waals surface area (Å²) in [6, 6.07) is 3.52. The number of aliphatic hydroxyl groups is 3. The fraction of sp³-hybridized carbons (Fsp3) is 0.688. The Kier molecular flexibility index (Phi) is 6.77. The Hall–Kier alpha value is -2.66. The predicted octanol–water partition coefficient (Wildman–Crippen LogP) is 2.59. The van der Waals surface area contributed by atoms with Crippen LogP contribution in [0.15, 0.2) is 24.3 Å². The zero-order valence-electron chi connectivity index (χ0n) is 25.0. The smallest absolute Gasteiger partial charge is 0.306 e. The van der Waals surface area contributed by atoms with Crippen LogP contribution in [0.3, 0.4) is 0 Å². The highest BCUT2D eigenvalue weighted by Gasteiger charge is 2.87. The van der Waals surface area contributed by atoms with Gasteiger partial charge in [0.25, 0.3) is 0 Å². The Morgan fingerprint density at radius 2 is 1.74 bits per heavy atom. The highest BCUT2D eigenvalue weighted by Crippen LogP contribution is 2.76. The molecule has 2 spiro atoms. The number of esters is 1. The normalized spacial score (nSPS) is 41.1. The summed E-state index contributed by atoms with van der Waals surface area (Å²) in [6.45, 7) is 8.16. The van der Waals surface area contributed by atoms with E-state index in [1.165, 1.54) is 21.3 Å². The lowest BCUT2D eigenvalue weighted by Gasteiger charge is -2.74. The van der Waals surface area contributed by atoms with Gasteiger partial charge in [0.05, 0.1) is 34.0 Å². The quantitative estimate of drug-likeness (QED) is 0.323. The number of ether oxygens (including phenoxy) is 5. The van der Waals surface area contributed by atoms with Crippen molar-refractivity contribution in [2.24, 2.45) is 34.0 Å². The molecular weight excluding hydrogens is 544 g/mol. The molecule has 0 radical (unpaired) electrons. The van der Waals surface area contributed by atoms with Crippen LogP contribution in [-0.4, -0.2) is 79.1 Å². The second kappa shape index (κ2) is 9.67. The van der Waals surface area contributed by atoms with Crippen LogP contribution in [-0.2, 0) is 25.5 Å². The van der Waals surface area contributed by atoms with Gasteiger partial charge in [-0.15, -0.1) is 0 Å². The number of Topliss-reactive ketones (excluding diaryl/α,β-unsaturated/α-hetero) is 1. The van der Waals surface area contributed by atoms with Crippen molar-refractivity contribution in [2.45, 2.75) is 76.5 Å². The van der Waals surface area contributed by atoms with Crippen molar-refractivity contribution in [1.29, 1.82) is 0 Å². The van der Waals surface area contributed by atoms with Gasteiger partial charge in [-0.05, 0) is 66.7 Å². The number of carbonyl (C=O) groups is 2. The molecule has 10 heteroatoms. The highest BCUT2D eigenvalue weighted by atomic mass is 16.6. The van der Waals surface area contributed by atoms with Crippen molar-refractivity contribution in [2.75, 3.05) is 27.9 Å². The first kappa shape index (κ1) is 29.4. The summed E-state index contributed by atoms with van der Waals surface area (Å²) >= 11 is 0. The maximum absolute atomic E-state index is 14.2. The topological polar surface area (TPSA) is 141 Å². The SMILES string of the molecule is C=C1C(=O)[C@]23[C@H](OC(=O)CCc4cc(OC)c(OC)c(OC)c4)[C@H]1CC[C@H]2[C@@]12CO[C@]3(O)[C@@H](O)[C@@H]1C(C)(C)CC[C@@H]2O. The number of aryl methyl sites for hydroxylation is 1. The molecule has 0 unspecified atom stereocenters. The summed E-state index contributed by atoms with van der Waals surface area (Å²) in [7, 11) is 4.54. The molecule has 3 N–H and O–H groups in total. The van der Waals surface area contributed by atoms with Crippen LogP contribution in [0.1, 0.15) is 51.5 Å². The summed E-state index contributed by atoms with van der Waals surface area (Å²) in [6.07, 6.45) is -0.896. The van der Waals surface area contributed by atoms with Crippen LogP contribution in [0, 0.1) is 34.0 Å². The first-order chi connectivity index (χ1) is 19.8. The Bertz CT molecular complexity index is 1300. The largest absolute Gasteiger partial charge is 0.493 e. The standard InChI is InChI=1S/C32H42O10/c1-16-18-8-9-21-30-15-41-32(37,27(36)25(30)29(2,3)12-11-22(30)33)31(21,26(16)35)28(18)42-23(34)10-7-17-13-19(38-4)24(40-6)20(14-17)39-5/h13-14,18,21-22,25,27-28,33,36-37H,1,7-12,15H2,2-6H3/t18-,21-,22-,25+,27-,28+,30+,31-,32+/m0/s1. The van der Waals surface area contributed by atoms with Crippen molar-refractivity contribution < 1.29 is 48.6 Å². The third-order valence-electron chi connectivity index (χ3n) is 11.4. The van der Waals surface area contributed by atoms with Gasteiger partial charge in [0.15, 0.2) is 17.3 Å². The summed E-state index contributed by atoms with van der Waals surface area (Å²) < 4.78 is 28.5. The number of aliphatic hydroxyl groups excluding tert-OH is 2. The Balaban J connectivity index is 1.34. The lowest BCUT2D eigenvalue weighted by Crippen LogP contribution is -2.85. The number of carbonyl (C=O) groups excluding carboxylic acids is 2. The Morgan fingerprint density at radius 1 is 1.07 bits per heavy atom. The third-order valence-corrected chi connectivity index (χ3v) is 11.4. The average molecular weight is 587 g/mol. The highest BCUT2D eigenvalue weighted by molar-refractivity contribution is 6.05. The lowest BCUT2D eigenvalue weighted by atomic mass is 9.35. The molecule has 6 fully saturated rings. The van der Waals surface area contributed by atoms with E-state index in [1.807, 2.05) is 13.8 Å². The summed E-state index contributed by atoms with van der Waals surface area (Å²) in [4.78, 5) is 27.7. The van der Waals surface area contributed by atoms with Crippen LogP contribution in [0.25, 0.3) is 0 Å². The van der Waals surface area contributed by atoms with E-state index in [0.29, 0.717) is 49.4 Å². The number of ketones is 1. The minimum Gasteiger partial charge on any atom is -0.493 e. The Labute approximate surface area is 245 Å². The van der Waals surface area contributed by atoms with Gasteiger partial charge < -0.3 is 39.0 Å². The van der Waals surface area contributed by atoms with E-state index < -0.39 is 69.9 Å². The van der Waals surface area contributed by atoms with Crippen LogP contribution in [0.4, 0.5) is 0 Å².